The van der Waals surface area contributed by atoms with Crippen LogP contribution >= 0.6 is 0 Å². The zero-order valence-electron chi connectivity index (χ0n) is 19.0. The van der Waals surface area contributed by atoms with Crippen LogP contribution in [0.4, 0.5) is 5.69 Å². The smallest absolute Gasteiger partial charge is 0.256 e. The van der Waals surface area contributed by atoms with Gasteiger partial charge in [-0.2, -0.15) is 0 Å². The summed E-state index contributed by atoms with van der Waals surface area (Å²) in [5.41, 5.74) is 4.03. The van der Waals surface area contributed by atoms with Crippen molar-refractivity contribution in [3.8, 4) is 0 Å². The number of hydrogen-bond donors (Lipinski definition) is 2. The molecule has 0 aromatic heterocycles. The first-order valence-corrected chi connectivity index (χ1v) is 11.2. The van der Waals surface area contributed by atoms with Crippen LogP contribution in [0.3, 0.4) is 0 Å². The normalized spacial score (nSPS) is 15.8. The number of rotatable bonds is 9. The molecule has 0 bridgehead atoms. The lowest BCUT2D eigenvalue weighted by Crippen LogP contribution is -2.33. The highest BCUT2D eigenvalue weighted by Gasteiger charge is 2.36. The van der Waals surface area contributed by atoms with Gasteiger partial charge in [-0.3, -0.25) is 9.59 Å². The van der Waals surface area contributed by atoms with Crippen LogP contribution in [0.25, 0.3) is 0 Å². The summed E-state index contributed by atoms with van der Waals surface area (Å²) in [6.45, 7) is 3.13. The Labute approximate surface area is 194 Å². The standard InChI is InChI=1S/C27H29N3O3/c1-19(20-10-4-3-5-11-20)28-26(31)21-12-8-13-22(18-21)29-25-23-14-6-7-15-24(23)27(32)30(25)16-9-17-33-2/h3-8,10-15,18-19,25,29H,9,16-17H2,1-2H3,(H,28,31). The molecule has 170 valence electrons. The van der Waals surface area contributed by atoms with E-state index in [-0.39, 0.29) is 24.0 Å². The van der Waals surface area contributed by atoms with Crippen molar-refractivity contribution in [1.82, 2.24) is 10.2 Å². The Hall–Kier alpha value is -3.64. The van der Waals surface area contributed by atoms with Gasteiger partial charge in [-0.25, -0.2) is 0 Å². The summed E-state index contributed by atoms with van der Waals surface area (Å²) in [5, 5.41) is 6.52. The van der Waals surface area contributed by atoms with E-state index in [9.17, 15) is 9.59 Å². The largest absolute Gasteiger partial charge is 0.385 e. The number of hydrogen-bond acceptors (Lipinski definition) is 4. The second-order valence-electron chi connectivity index (χ2n) is 8.17. The molecule has 1 aliphatic heterocycles. The average molecular weight is 444 g/mol. The molecule has 0 spiro atoms. The topological polar surface area (TPSA) is 70.7 Å². The number of carbonyl (C=O) groups excluding carboxylic acids is 2. The first kappa shape index (κ1) is 22.6. The number of nitrogens with one attached hydrogen (secondary N) is 2. The van der Waals surface area contributed by atoms with E-state index < -0.39 is 0 Å². The van der Waals surface area contributed by atoms with Crippen LogP contribution in [0.1, 0.15) is 57.4 Å². The van der Waals surface area contributed by atoms with Crippen LogP contribution in [-0.4, -0.2) is 37.0 Å². The summed E-state index contributed by atoms with van der Waals surface area (Å²) in [5.74, 6) is -0.139. The quantitative estimate of drug-likeness (QED) is 0.467. The van der Waals surface area contributed by atoms with Crippen LogP contribution in [0.15, 0.2) is 78.9 Å². The predicted molar refractivity (Wildman–Crippen MR) is 129 cm³/mol. The van der Waals surface area contributed by atoms with E-state index in [1.54, 1.807) is 13.2 Å². The highest BCUT2D eigenvalue weighted by atomic mass is 16.5. The summed E-state index contributed by atoms with van der Waals surface area (Å²) >= 11 is 0. The number of nitrogens with zero attached hydrogens (tertiary/aromatic N) is 1. The van der Waals surface area contributed by atoms with Crippen LogP contribution in [-0.2, 0) is 4.74 Å². The molecule has 3 aromatic carbocycles. The molecule has 2 N–H and O–H groups in total. The third kappa shape index (κ3) is 5.07. The summed E-state index contributed by atoms with van der Waals surface area (Å²) < 4.78 is 5.17. The van der Waals surface area contributed by atoms with E-state index in [0.717, 1.165) is 23.2 Å². The van der Waals surface area contributed by atoms with Crippen molar-refractivity contribution in [2.24, 2.45) is 0 Å². The number of methoxy groups -OCH3 is 1. The third-order valence-electron chi connectivity index (χ3n) is 5.88. The van der Waals surface area contributed by atoms with Crippen molar-refractivity contribution in [1.29, 1.82) is 0 Å². The van der Waals surface area contributed by atoms with Gasteiger partial charge in [0, 0.05) is 42.6 Å². The fourth-order valence-electron chi connectivity index (χ4n) is 4.15. The molecular formula is C27H29N3O3. The van der Waals surface area contributed by atoms with Gasteiger partial charge in [0.15, 0.2) is 0 Å². The highest BCUT2D eigenvalue weighted by molar-refractivity contribution is 5.99. The van der Waals surface area contributed by atoms with Crippen LogP contribution in [0.5, 0.6) is 0 Å². The summed E-state index contributed by atoms with van der Waals surface area (Å²) in [6, 6.07) is 24.8. The fourth-order valence-corrected chi connectivity index (χ4v) is 4.15. The average Bonchev–Trinajstić information content (AvgIpc) is 3.11. The van der Waals surface area contributed by atoms with Crippen molar-refractivity contribution >= 4 is 17.5 Å². The predicted octanol–water partition coefficient (Wildman–Crippen LogP) is 4.78. The molecule has 33 heavy (non-hydrogen) atoms. The molecule has 2 amide bonds. The molecule has 2 atom stereocenters. The van der Waals surface area contributed by atoms with Gasteiger partial charge in [-0.05, 0) is 43.2 Å². The van der Waals surface area contributed by atoms with Crippen molar-refractivity contribution in [2.75, 3.05) is 25.6 Å². The van der Waals surface area contributed by atoms with E-state index in [0.29, 0.717) is 24.3 Å². The van der Waals surface area contributed by atoms with Crippen LogP contribution in [0.2, 0.25) is 0 Å². The van der Waals surface area contributed by atoms with Gasteiger partial charge in [0.05, 0.1) is 6.04 Å². The third-order valence-corrected chi connectivity index (χ3v) is 5.88. The summed E-state index contributed by atoms with van der Waals surface area (Å²) in [7, 11) is 1.66. The SMILES string of the molecule is COCCCN1C(=O)c2ccccc2C1Nc1cccc(C(=O)NC(C)c2ccccc2)c1. The molecule has 0 saturated heterocycles. The Bertz CT molecular complexity index is 1120. The number of carbonyl (C=O) groups is 2. The molecule has 1 heterocycles. The molecular weight excluding hydrogens is 414 g/mol. The van der Waals surface area contributed by atoms with Gasteiger partial charge in [0.1, 0.15) is 6.17 Å². The van der Waals surface area contributed by atoms with Gasteiger partial charge >= 0.3 is 0 Å². The maximum Gasteiger partial charge on any atom is 0.256 e. The lowest BCUT2D eigenvalue weighted by Gasteiger charge is -2.27. The fraction of sp³-hybridized carbons (Fsp3) is 0.259. The number of amides is 2. The Morgan fingerprint density at radius 3 is 2.58 bits per heavy atom. The monoisotopic (exact) mass is 443 g/mol. The van der Waals surface area contributed by atoms with Crippen molar-refractivity contribution in [3.63, 3.8) is 0 Å². The number of anilines is 1. The minimum absolute atomic E-state index is 0.00443. The summed E-state index contributed by atoms with van der Waals surface area (Å²) in [4.78, 5) is 27.7. The molecule has 0 fully saturated rings. The Morgan fingerprint density at radius 1 is 1.03 bits per heavy atom. The number of benzene rings is 3. The number of fused-ring (bicyclic) bond motifs is 1. The molecule has 0 saturated carbocycles. The molecule has 3 aromatic rings. The van der Waals surface area contributed by atoms with Crippen molar-refractivity contribution < 1.29 is 14.3 Å². The molecule has 2 unspecified atom stereocenters. The maximum atomic E-state index is 13.0. The van der Waals surface area contributed by atoms with Crippen LogP contribution < -0.4 is 10.6 Å². The second kappa shape index (κ2) is 10.3. The lowest BCUT2D eigenvalue weighted by molar-refractivity contribution is 0.0721. The van der Waals surface area contributed by atoms with E-state index in [1.165, 1.54) is 0 Å². The molecule has 0 radical (unpaired) electrons. The van der Waals surface area contributed by atoms with Gasteiger partial charge in [0.25, 0.3) is 11.8 Å². The molecule has 0 aliphatic carbocycles. The van der Waals surface area contributed by atoms with Crippen molar-refractivity contribution in [3.05, 3.63) is 101 Å². The summed E-state index contributed by atoms with van der Waals surface area (Å²) in [6.07, 6.45) is 0.445. The van der Waals surface area contributed by atoms with Crippen molar-refractivity contribution in [2.45, 2.75) is 25.6 Å². The second-order valence-corrected chi connectivity index (χ2v) is 8.17. The maximum absolute atomic E-state index is 13.0. The minimum atomic E-state index is -0.299. The molecule has 4 rings (SSSR count). The van der Waals surface area contributed by atoms with Gasteiger partial charge in [-0.1, -0.05) is 54.6 Å². The van der Waals surface area contributed by atoms with E-state index in [4.69, 9.17) is 4.74 Å². The van der Waals surface area contributed by atoms with Gasteiger partial charge < -0.3 is 20.3 Å². The minimum Gasteiger partial charge on any atom is -0.385 e. The Morgan fingerprint density at radius 2 is 1.79 bits per heavy atom. The van der Waals surface area contributed by atoms with Crippen LogP contribution in [0, 0.1) is 0 Å². The first-order chi connectivity index (χ1) is 16.1. The molecule has 6 heteroatoms. The highest BCUT2D eigenvalue weighted by Crippen LogP contribution is 2.34. The van der Waals surface area contributed by atoms with Gasteiger partial charge in [-0.15, -0.1) is 0 Å². The van der Waals surface area contributed by atoms with E-state index in [2.05, 4.69) is 10.6 Å². The molecule has 6 nitrogen and oxygen atoms in total. The molecule has 1 aliphatic rings. The van der Waals surface area contributed by atoms with E-state index >= 15 is 0 Å². The number of ether oxygens (including phenoxy) is 1. The Kier molecular flexibility index (Phi) is 7.05. The lowest BCUT2D eigenvalue weighted by atomic mass is 10.1. The van der Waals surface area contributed by atoms with Gasteiger partial charge in [0.2, 0.25) is 0 Å². The van der Waals surface area contributed by atoms with E-state index in [1.807, 2.05) is 84.6 Å². The first-order valence-electron chi connectivity index (χ1n) is 11.2. The zero-order chi connectivity index (χ0) is 23.2. The zero-order valence-corrected chi connectivity index (χ0v) is 19.0. The Balaban J connectivity index is 1.51.